The van der Waals surface area contributed by atoms with Crippen molar-refractivity contribution in [1.29, 1.82) is 0 Å². The molecule has 0 aliphatic heterocycles. The van der Waals surface area contributed by atoms with Crippen LogP contribution in [0.5, 0.6) is 11.5 Å². The first kappa shape index (κ1) is 22.1. The molecule has 0 fully saturated rings. The maximum absolute atomic E-state index is 12.0. The maximum atomic E-state index is 12.0. The van der Waals surface area contributed by atoms with Crippen molar-refractivity contribution in [3.05, 3.63) is 59.2 Å². The molecule has 0 aromatic heterocycles. The second kappa shape index (κ2) is 10.9. The highest BCUT2D eigenvalue weighted by Crippen LogP contribution is 2.27. The fraction of sp³-hybridized carbons (Fsp3) is 0.364. The number of amides is 1. The van der Waals surface area contributed by atoms with Gasteiger partial charge in [-0.05, 0) is 49.2 Å². The molecule has 0 atom stereocenters. The van der Waals surface area contributed by atoms with Crippen LogP contribution in [0.1, 0.15) is 35.3 Å². The Balaban J connectivity index is 2.01. The van der Waals surface area contributed by atoms with Gasteiger partial charge < -0.3 is 25.4 Å². The molecule has 0 radical (unpaired) electrons. The highest BCUT2D eigenvalue weighted by atomic mass is 16.5. The molecular weight excluding hydrogens is 368 g/mol. The zero-order chi connectivity index (χ0) is 21.2. The summed E-state index contributed by atoms with van der Waals surface area (Å²) in [7, 11) is 3.48. The lowest BCUT2D eigenvalue weighted by molar-refractivity contribution is 0.0827. The molecule has 7 nitrogen and oxygen atoms in total. The van der Waals surface area contributed by atoms with E-state index in [-0.39, 0.29) is 11.7 Å². The number of aromatic hydroxyl groups is 1. The van der Waals surface area contributed by atoms with Gasteiger partial charge in [-0.3, -0.25) is 4.79 Å². The Morgan fingerprint density at radius 3 is 2.38 bits per heavy atom. The summed E-state index contributed by atoms with van der Waals surface area (Å²) in [6.07, 6.45) is 0. The second-order valence-corrected chi connectivity index (χ2v) is 6.68. The van der Waals surface area contributed by atoms with E-state index >= 15 is 0 Å². The molecule has 0 bridgehead atoms. The van der Waals surface area contributed by atoms with E-state index in [2.05, 4.69) is 15.6 Å². The number of carbonyl (C=O) groups is 1. The highest BCUT2D eigenvalue weighted by Gasteiger charge is 2.08. The molecule has 2 rings (SSSR count). The van der Waals surface area contributed by atoms with Crippen molar-refractivity contribution in [3.63, 3.8) is 0 Å². The first-order chi connectivity index (χ1) is 13.9. The van der Waals surface area contributed by atoms with Gasteiger partial charge in [0.15, 0.2) is 17.5 Å². The smallest absolute Gasteiger partial charge is 0.253 e. The third-order valence-corrected chi connectivity index (χ3v) is 4.16. The van der Waals surface area contributed by atoms with Crippen LogP contribution < -0.4 is 15.4 Å². The summed E-state index contributed by atoms with van der Waals surface area (Å²) in [4.78, 5) is 18.1. The lowest BCUT2D eigenvalue weighted by Crippen LogP contribution is -2.36. The van der Waals surface area contributed by atoms with E-state index in [0.29, 0.717) is 37.0 Å². The van der Waals surface area contributed by atoms with E-state index in [4.69, 9.17) is 4.74 Å². The standard InChI is InChI=1S/C22H30N4O3/c1-5-23-22(25-15-17-9-12-19(27)20(13-17)29-6-2)24-14-16-7-10-18(11-8-16)21(28)26(3)4/h7-13,27H,5-6,14-15H2,1-4H3,(H2,23,24,25). The van der Waals surface area contributed by atoms with Gasteiger partial charge in [0, 0.05) is 32.7 Å². The lowest BCUT2D eigenvalue weighted by Gasteiger charge is -2.13. The molecule has 0 saturated heterocycles. The Kier molecular flexibility index (Phi) is 8.33. The molecule has 156 valence electrons. The van der Waals surface area contributed by atoms with Gasteiger partial charge >= 0.3 is 0 Å². The van der Waals surface area contributed by atoms with E-state index in [0.717, 1.165) is 17.7 Å². The first-order valence-electron chi connectivity index (χ1n) is 9.72. The van der Waals surface area contributed by atoms with Crippen molar-refractivity contribution in [1.82, 2.24) is 15.5 Å². The fourth-order valence-corrected chi connectivity index (χ4v) is 2.65. The van der Waals surface area contributed by atoms with Gasteiger partial charge in [-0.1, -0.05) is 18.2 Å². The number of phenols is 1. The van der Waals surface area contributed by atoms with E-state index in [1.165, 1.54) is 0 Å². The van der Waals surface area contributed by atoms with Crippen molar-refractivity contribution in [2.24, 2.45) is 4.99 Å². The predicted molar refractivity (Wildman–Crippen MR) is 115 cm³/mol. The van der Waals surface area contributed by atoms with E-state index < -0.39 is 0 Å². The van der Waals surface area contributed by atoms with Crippen LogP contribution in [0.4, 0.5) is 0 Å². The number of nitrogens with one attached hydrogen (secondary N) is 2. The molecule has 0 aliphatic carbocycles. The molecule has 0 aliphatic rings. The number of ether oxygens (including phenoxy) is 1. The van der Waals surface area contributed by atoms with Gasteiger partial charge in [0.2, 0.25) is 0 Å². The second-order valence-electron chi connectivity index (χ2n) is 6.68. The Morgan fingerprint density at radius 2 is 1.76 bits per heavy atom. The molecule has 0 saturated carbocycles. The van der Waals surface area contributed by atoms with Crippen LogP contribution in [0.15, 0.2) is 47.5 Å². The number of rotatable bonds is 8. The van der Waals surface area contributed by atoms with Gasteiger partial charge in [-0.2, -0.15) is 0 Å². The monoisotopic (exact) mass is 398 g/mol. The first-order valence-corrected chi connectivity index (χ1v) is 9.72. The topological polar surface area (TPSA) is 86.2 Å². The molecule has 2 aromatic carbocycles. The molecule has 7 heteroatoms. The normalized spacial score (nSPS) is 11.1. The Labute approximate surface area is 172 Å². The summed E-state index contributed by atoms with van der Waals surface area (Å²) in [6, 6.07) is 12.8. The number of benzene rings is 2. The number of phenolic OH excluding ortho intramolecular Hbond substituents is 1. The van der Waals surface area contributed by atoms with Crippen LogP contribution in [-0.2, 0) is 13.1 Å². The number of guanidine groups is 1. The summed E-state index contributed by atoms with van der Waals surface area (Å²) < 4.78 is 5.42. The summed E-state index contributed by atoms with van der Waals surface area (Å²) in [5, 5.41) is 16.3. The number of hydrogen-bond donors (Lipinski definition) is 3. The Hall–Kier alpha value is -3.22. The van der Waals surface area contributed by atoms with Gasteiger partial charge in [-0.25, -0.2) is 4.99 Å². The largest absolute Gasteiger partial charge is 0.504 e. The molecule has 0 unspecified atom stereocenters. The van der Waals surface area contributed by atoms with Crippen molar-refractivity contribution >= 4 is 11.9 Å². The third-order valence-electron chi connectivity index (χ3n) is 4.16. The third kappa shape index (κ3) is 6.71. The number of nitrogens with zero attached hydrogens (tertiary/aromatic N) is 2. The van der Waals surface area contributed by atoms with E-state index in [1.54, 1.807) is 31.1 Å². The summed E-state index contributed by atoms with van der Waals surface area (Å²) in [5.74, 6) is 1.26. The Morgan fingerprint density at radius 1 is 1.07 bits per heavy atom. The average Bonchev–Trinajstić information content (AvgIpc) is 2.72. The molecule has 29 heavy (non-hydrogen) atoms. The molecule has 0 heterocycles. The average molecular weight is 399 g/mol. The zero-order valence-electron chi connectivity index (χ0n) is 17.5. The van der Waals surface area contributed by atoms with Crippen LogP contribution >= 0.6 is 0 Å². The van der Waals surface area contributed by atoms with Crippen LogP contribution in [0.2, 0.25) is 0 Å². The SMILES string of the molecule is CCNC(=NCc1ccc(O)c(OCC)c1)NCc1ccc(C(=O)N(C)C)cc1. The highest BCUT2D eigenvalue weighted by molar-refractivity contribution is 5.93. The molecule has 2 aromatic rings. The number of carbonyl (C=O) groups excluding carboxylic acids is 1. The van der Waals surface area contributed by atoms with Crippen LogP contribution in [0.3, 0.4) is 0 Å². The number of hydrogen-bond acceptors (Lipinski definition) is 4. The van der Waals surface area contributed by atoms with E-state index in [1.807, 2.05) is 44.2 Å². The summed E-state index contributed by atoms with van der Waals surface area (Å²) >= 11 is 0. The van der Waals surface area contributed by atoms with Gasteiger partial charge in [0.25, 0.3) is 5.91 Å². The quantitative estimate of drug-likeness (QED) is 0.470. The predicted octanol–water partition coefficient (Wildman–Crippen LogP) is 2.75. The maximum Gasteiger partial charge on any atom is 0.253 e. The van der Waals surface area contributed by atoms with Crippen LogP contribution in [0.25, 0.3) is 0 Å². The van der Waals surface area contributed by atoms with Crippen molar-refractivity contribution in [2.45, 2.75) is 26.9 Å². The minimum Gasteiger partial charge on any atom is -0.504 e. The number of aliphatic imine (C=N–C) groups is 1. The summed E-state index contributed by atoms with van der Waals surface area (Å²) in [6.45, 7) is 6.15. The van der Waals surface area contributed by atoms with Crippen molar-refractivity contribution < 1.29 is 14.6 Å². The van der Waals surface area contributed by atoms with Crippen molar-refractivity contribution in [2.75, 3.05) is 27.2 Å². The molecule has 1 amide bonds. The van der Waals surface area contributed by atoms with Gasteiger partial charge in [0.1, 0.15) is 0 Å². The minimum absolute atomic E-state index is 0.0141. The fourth-order valence-electron chi connectivity index (χ4n) is 2.65. The van der Waals surface area contributed by atoms with Gasteiger partial charge in [-0.15, -0.1) is 0 Å². The van der Waals surface area contributed by atoms with Crippen molar-refractivity contribution in [3.8, 4) is 11.5 Å². The summed E-state index contributed by atoms with van der Waals surface area (Å²) in [5.41, 5.74) is 2.65. The van der Waals surface area contributed by atoms with E-state index in [9.17, 15) is 9.90 Å². The minimum atomic E-state index is -0.0141. The Bertz CT molecular complexity index is 832. The zero-order valence-corrected chi connectivity index (χ0v) is 17.5. The van der Waals surface area contributed by atoms with Crippen LogP contribution in [-0.4, -0.2) is 49.1 Å². The van der Waals surface area contributed by atoms with Gasteiger partial charge in [0.05, 0.1) is 13.2 Å². The van der Waals surface area contributed by atoms with Crippen LogP contribution in [0, 0.1) is 0 Å². The molecule has 0 spiro atoms. The lowest BCUT2D eigenvalue weighted by atomic mass is 10.1. The molecular formula is C22H30N4O3. The molecule has 3 N–H and O–H groups in total.